The molecule has 3 rings (SSSR count). The number of nitrogens with zero attached hydrogens (tertiary/aromatic N) is 1. The van der Waals surface area contributed by atoms with Crippen molar-refractivity contribution in [2.24, 2.45) is 0 Å². The summed E-state index contributed by atoms with van der Waals surface area (Å²) in [5.41, 5.74) is 3.14. The minimum atomic E-state index is -0.795. The van der Waals surface area contributed by atoms with Gasteiger partial charge < -0.3 is 14.8 Å². The highest BCUT2D eigenvalue weighted by atomic mass is 19.1. The Labute approximate surface area is 160 Å². The molecule has 0 aliphatic rings. The summed E-state index contributed by atoms with van der Waals surface area (Å²) in [5.74, 6) is -0.884. The first-order chi connectivity index (χ1) is 13.5. The van der Waals surface area contributed by atoms with Gasteiger partial charge in [0.1, 0.15) is 5.75 Å². The Morgan fingerprint density at radius 2 is 1.82 bits per heavy atom. The fourth-order valence-electron chi connectivity index (χ4n) is 2.60. The molecule has 142 valence electrons. The summed E-state index contributed by atoms with van der Waals surface area (Å²) in [6.07, 6.45) is 1.55. The van der Waals surface area contributed by atoms with Crippen molar-refractivity contribution in [3.63, 3.8) is 0 Å². The zero-order valence-corrected chi connectivity index (χ0v) is 15.2. The lowest BCUT2D eigenvalue weighted by Crippen LogP contribution is -2.13. The fraction of sp³-hybridized carbons (Fsp3) is 0.0952. The SMILES string of the molecule is COC(=O)Oc1ccc(C)c(-c2ccc(NC(=O)c3ccncc3F)cc2)c1. The Morgan fingerprint density at radius 3 is 2.50 bits per heavy atom. The van der Waals surface area contributed by atoms with E-state index in [-0.39, 0.29) is 5.56 Å². The number of carbonyl (C=O) groups is 2. The molecular weight excluding hydrogens is 363 g/mol. The molecule has 0 bridgehead atoms. The van der Waals surface area contributed by atoms with Gasteiger partial charge in [0, 0.05) is 11.9 Å². The van der Waals surface area contributed by atoms with E-state index in [2.05, 4.69) is 15.0 Å². The summed E-state index contributed by atoms with van der Waals surface area (Å²) >= 11 is 0. The lowest BCUT2D eigenvalue weighted by atomic mass is 10.00. The number of aryl methyl sites for hydroxylation is 1. The van der Waals surface area contributed by atoms with Gasteiger partial charge in [0.05, 0.1) is 18.9 Å². The lowest BCUT2D eigenvalue weighted by molar-refractivity contribution is 0.102. The monoisotopic (exact) mass is 380 g/mol. The van der Waals surface area contributed by atoms with Gasteiger partial charge in [-0.3, -0.25) is 9.78 Å². The van der Waals surface area contributed by atoms with Crippen LogP contribution in [0.15, 0.2) is 60.9 Å². The highest BCUT2D eigenvalue weighted by Gasteiger charge is 2.12. The maximum atomic E-state index is 13.7. The van der Waals surface area contributed by atoms with Crippen LogP contribution < -0.4 is 10.1 Å². The third-order valence-electron chi connectivity index (χ3n) is 4.05. The third-order valence-corrected chi connectivity index (χ3v) is 4.05. The summed E-state index contributed by atoms with van der Waals surface area (Å²) < 4.78 is 23.2. The Kier molecular flexibility index (Phi) is 5.64. The molecule has 0 spiro atoms. The van der Waals surface area contributed by atoms with E-state index in [1.54, 1.807) is 24.3 Å². The number of amides is 1. The van der Waals surface area contributed by atoms with Crippen LogP contribution in [-0.4, -0.2) is 24.2 Å². The van der Waals surface area contributed by atoms with E-state index in [1.165, 1.54) is 19.4 Å². The Balaban J connectivity index is 1.79. The molecule has 7 heteroatoms. The molecule has 2 aromatic carbocycles. The van der Waals surface area contributed by atoms with Crippen LogP contribution >= 0.6 is 0 Å². The molecule has 6 nitrogen and oxygen atoms in total. The molecule has 3 aromatic rings. The molecule has 0 radical (unpaired) electrons. The summed E-state index contributed by atoms with van der Waals surface area (Å²) in [6, 6.07) is 13.6. The number of ether oxygens (including phenoxy) is 2. The molecule has 0 fully saturated rings. The predicted octanol–water partition coefficient (Wildman–Crippen LogP) is 4.59. The predicted molar refractivity (Wildman–Crippen MR) is 102 cm³/mol. The quantitative estimate of drug-likeness (QED) is 0.529. The van der Waals surface area contributed by atoms with Crippen LogP contribution in [0.25, 0.3) is 11.1 Å². The van der Waals surface area contributed by atoms with Gasteiger partial charge in [0.15, 0.2) is 5.82 Å². The van der Waals surface area contributed by atoms with Crippen molar-refractivity contribution in [2.45, 2.75) is 6.92 Å². The van der Waals surface area contributed by atoms with E-state index in [0.717, 1.165) is 22.9 Å². The molecule has 1 N–H and O–H groups in total. The van der Waals surface area contributed by atoms with Gasteiger partial charge in [-0.25, -0.2) is 9.18 Å². The van der Waals surface area contributed by atoms with Crippen molar-refractivity contribution in [2.75, 3.05) is 12.4 Å². The van der Waals surface area contributed by atoms with Crippen LogP contribution in [0, 0.1) is 12.7 Å². The second-order valence-corrected chi connectivity index (χ2v) is 5.92. The van der Waals surface area contributed by atoms with Gasteiger partial charge >= 0.3 is 6.16 Å². The van der Waals surface area contributed by atoms with Crippen molar-refractivity contribution in [1.82, 2.24) is 4.98 Å². The number of pyridine rings is 1. The first-order valence-corrected chi connectivity index (χ1v) is 8.35. The Bertz CT molecular complexity index is 1020. The van der Waals surface area contributed by atoms with E-state index in [4.69, 9.17) is 4.74 Å². The molecule has 0 saturated heterocycles. The summed E-state index contributed by atoms with van der Waals surface area (Å²) in [6.45, 7) is 1.93. The molecule has 0 atom stereocenters. The molecule has 28 heavy (non-hydrogen) atoms. The number of methoxy groups -OCH3 is 1. The molecular formula is C21H17FN2O4. The fourth-order valence-corrected chi connectivity index (χ4v) is 2.60. The first-order valence-electron chi connectivity index (χ1n) is 8.35. The van der Waals surface area contributed by atoms with Crippen LogP contribution in [0.2, 0.25) is 0 Å². The second kappa shape index (κ2) is 8.30. The maximum absolute atomic E-state index is 13.7. The summed E-state index contributed by atoms with van der Waals surface area (Å²) in [4.78, 5) is 27.1. The minimum absolute atomic E-state index is 0.0809. The van der Waals surface area contributed by atoms with Crippen molar-refractivity contribution in [3.05, 3.63) is 77.9 Å². The van der Waals surface area contributed by atoms with Gasteiger partial charge in [0.2, 0.25) is 0 Å². The second-order valence-electron chi connectivity index (χ2n) is 5.92. The molecule has 0 unspecified atom stereocenters. The van der Waals surface area contributed by atoms with E-state index < -0.39 is 17.9 Å². The van der Waals surface area contributed by atoms with Crippen LogP contribution in [0.3, 0.4) is 0 Å². The van der Waals surface area contributed by atoms with Gasteiger partial charge in [-0.15, -0.1) is 0 Å². The van der Waals surface area contributed by atoms with Gasteiger partial charge in [0.25, 0.3) is 5.91 Å². The Morgan fingerprint density at radius 1 is 1.07 bits per heavy atom. The molecule has 0 saturated carbocycles. The largest absolute Gasteiger partial charge is 0.513 e. The minimum Gasteiger partial charge on any atom is -0.437 e. The molecule has 1 aromatic heterocycles. The molecule has 1 heterocycles. The summed E-state index contributed by atoms with van der Waals surface area (Å²) in [7, 11) is 1.24. The van der Waals surface area contributed by atoms with Crippen LogP contribution in [-0.2, 0) is 4.74 Å². The van der Waals surface area contributed by atoms with Crippen LogP contribution in [0.4, 0.5) is 14.9 Å². The normalized spacial score (nSPS) is 10.2. The first kappa shape index (κ1) is 19.0. The van der Waals surface area contributed by atoms with E-state index in [1.807, 2.05) is 25.1 Å². The number of rotatable bonds is 4. The number of hydrogen-bond donors (Lipinski definition) is 1. The third kappa shape index (κ3) is 4.32. The average Bonchev–Trinajstić information content (AvgIpc) is 2.70. The van der Waals surface area contributed by atoms with Crippen molar-refractivity contribution < 1.29 is 23.5 Å². The number of nitrogens with one attached hydrogen (secondary N) is 1. The average molecular weight is 380 g/mol. The van der Waals surface area contributed by atoms with E-state index >= 15 is 0 Å². The van der Waals surface area contributed by atoms with Crippen molar-refractivity contribution in [3.8, 4) is 16.9 Å². The van der Waals surface area contributed by atoms with E-state index in [0.29, 0.717) is 11.4 Å². The lowest BCUT2D eigenvalue weighted by Gasteiger charge is -2.11. The van der Waals surface area contributed by atoms with Crippen LogP contribution in [0.1, 0.15) is 15.9 Å². The zero-order valence-electron chi connectivity index (χ0n) is 15.2. The Hall–Kier alpha value is -3.74. The zero-order chi connectivity index (χ0) is 20.1. The number of aromatic nitrogens is 1. The van der Waals surface area contributed by atoms with Crippen molar-refractivity contribution in [1.29, 1.82) is 0 Å². The highest BCUT2D eigenvalue weighted by molar-refractivity contribution is 6.04. The standard InChI is InChI=1S/C21H17FN2O4/c1-13-3-8-16(28-21(26)27-2)11-18(13)14-4-6-15(7-5-14)24-20(25)17-9-10-23-12-19(17)22/h3-12H,1-2H3,(H,24,25). The molecule has 0 aliphatic heterocycles. The number of anilines is 1. The summed E-state index contributed by atoms with van der Waals surface area (Å²) in [5, 5.41) is 2.64. The van der Waals surface area contributed by atoms with Gasteiger partial charge in [-0.05, 0) is 53.9 Å². The van der Waals surface area contributed by atoms with Crippen molar-refractivity contribution >= 4 is 17.7 Å². The molecule has 0 aliphatic carbocycles. The number of carbonyl (C=O) groups excluding carboxylic acids is 2. The topological polar surface area (TPSA) is 77.5 Å². The smallest absolute Gasteiger partial charge is 0.437 e. The maximum Gasteiger partial charge on any atom is 0.513 e. The van der Waals surface area contributed by atoms with E-state index in [9.17, 15) is 14.0 Å². The van der Waals surface area contributed by atoms with Crippen LogP contribution in [0.5, 0.6) is 5.75 Å². The number of hydrogen-bond acceptors (Lipinski definition) is 5. The van der Waals surface area contributed by atoms with Gasteiger partial charge in [-0.1, -0.05) is 18.2 Å². The van der Waals surface area contributed by atoms with Gasteiger partial charge in [-0.2, -0.15) is 0 Å². The highest BCUT2D eigenvalue weighted by Crippen LogP contribution is 2.29. The number of benzene rings is 2. The number of halogens is 1. The molecule has 1 amide bonds.